The van der Waals surface area contributed by atoms with Crippen molar-refractivity contribution in [1.29, 1.82) is 0 Å². The second-order valence-corrected chi connectivity index (χ2v) is 5.64. The third-order valence-corrected chi connectivity index (χ3v) is 3.54. The summed E-state index contributed by atoms with van der Waals surface area (Å²) in [4.78, 5) is 22.7. The number of rotatable bonds is 3. The monoisotopic (exact) mass is 265 g/mol. The van der Waals surface area contributed by atoms with Crippen LogP contribution in [0, 0.1) is 0 Å². The maximum atomic E-state index is 11.4. The Balaban J connectivity index is 2.37. The van der Waals surface area contributed by atoms with E-state index >= 15 is 0 Å². The van der Waals surface area contributed by atoms with Crippen LogP contribution in [0.2, 0.25) is 0 Å². The number of hydrogen-bond acceptors (Lipinski definition) is 3. The van der Waals surface area contributed by atoms with Crippen molar-refractivity contribution in [3.8, 4) is 0 Å². The fourth-order valence-electron chi connectivity index (χ4n) is 2.58. The molecule has 0 bridgehead atoms. The molecular weight excluding hydrogens is 246 g/mol. The van der Waals surface area contributed by atoms with Crippen molar-refractivity contribution < 1.29 is 19.4 Å². The summed E-state index contributed by atoms with van der Waals surface area (Å²) in [5, 5.41) is 9.26. The van der Waals surface area contributed by atoms with Gasteiger partial charge in [0.25, 0.3) is 0 Å². The Morgan fingerprint density at radius 1 is 1.47 bits per heavy atom. The van der Waals surface area contributed by atoms with E-state index in [9.17, 15) is 14.7 Å². The molecule has 5 heteroatoms. The Morgan fingerprint density at radius 2 is 2.16 bits per heavy atom. The number of nitrogens with zero attached hydrogens (tertiary/aromatic N) is 1. The number of ether oxygens (including phenoxy) is 1. The number of Topliss-reactive ketones (excluding diaryl/α,β-unsaturated/α-hetero) is 1. The molecule has 1 aliphatic rings. The van der Waals surface area contributed by atoms with Crippen LogP contribution in [0.3, 0.4) is 0 Å². The van der Waals surface area contributed by atoms with Gasteiger partial charge in [0.1, 0.15) is 5.69 Å². The van der Waals surface area contributed by atoms with Crippen LogP contribution in [0.5, 0.6) is 0 Å². The van der Waals surface area contributed by atoms with Gasteiger partial charge in [0.05, 0.1) is 5.60 Å². The molecule has 1 saturated heterocycles. The fraction of sp³-hybridized carbons (Fsp3) is 0.571. The molecular formula is C14H19NO4. The van der Waals surface area contributed by atoms with Gasteiger partial charge in [-0.2, -0.15) is 0 Å². The number of carbonyl (C=O) groups excluding carboxylic acids is 1. The summed E-state index contributed by atoms with van der Waals surface area (Å²) in [7, 11) is 0. The maximum absolute atomic E-state index is 11.4. The number of carboxylic acid groups (broad SMARTS) is 1. The van der Waals surface area contributed by atoms with Crippen LogP contribution in [0.25, 0.3) is 0 Å². The third-order valence-electron chi connectivity index (χ3n) is 3.54. The Kier molecular flexibility index (Phi) is 3.49. The summed E-state index contributed by atoms with van der Waals surface area (Å²) in [6, 6.07) is 1.51. The first-order valence-electron chi connectivity index (χ1n) is 6.40. The first-order chi connectivity index (χ1) is 8.80. The SMILES string of the molecule is CC(=O)c1cc(C(=O)O)n(C2CCOC(C)(C)C2)c1. The third kappa shape index (κ3) is 2.87. The molecule has 0 spiro atoms. The maximum Gasteiger partial charge on any atom is 0.352 e. The van der Waals surface area contributed by atoms with Gasteiger partial charge >= 0.3 is 5.97 Å². The van der Waals surface area contributed by atoms with E-state index < -0.39 is 5.97 Å². The van der Waals surface area contributed by atoms with Crippen molar-refractivity contribution in [2.24, 2.45) is 0 Å². The second kappa shape index (κ2) is 4.81. The number of aromatic nitrogens is 1. The first kappa shape index (κ1) is 13.8. The molecule has 0 saturated carbocycles. The topological polar surface area (TPSA) is 68.5 Å². The Hall–Kier alpha value is -1.62. The van der Waals surface area contributed by atoms with E-state index in [0.717, 1.165) is 12.8 Å². The summed E-state index contributed by atoms with van der Waals surface area (Å²) in [6.07, 6.45) is 3.15. The summed E-state index contributed by atoms with van der Waals surface area (Å²) in [6.45, 7) is 6.04. The van der Waals surface area contributed by atoms with Crippen LogP contribution in [0.15, 0.2) is 12.3 Å². The smallest absolute Gasteiger partial charge is 0.352 e. The molecule has 1 unspecified atom stereocenters. The van der Waals surface area contributed by atoms with Gasteiger partial charge in [-0.25, -0.2) is 4.79 Å². The molecule has 0 aliphatic carbocycles. The van der Waals surface area contributed by atoms with Gasteiger partial charge in [-0.1, -0.05) is 0 Å². The molecule has 2 heterocycles. The highest BCUT2D eigenvalue weighted by Gasteiger charge is 2.31. The first-order valence-corrected chi connectivity index (χ1v) is 6.40. The lowest BCUT2D eigenvalue weighted by Crippen LogP contribution is -2.35. The van der Waals surface area contributed by atoms with E-state index in [1.165, 1.54) is 13.0 Å². The lowest BCUT2D eigenvalue weighted by molar-refractivity contribution is -0.0693. The van der Waals surface area contributed by atoms with Gasteiger partial charge in [-0.3, -0.25) is 4.79 Å². The van der Waals surface area contributed by atoms with E-state index in [2.05, 4.69) is 0 Å². The number of aromatic carboxylic acids is 1. The molecule has 0 aromatic carbocycles. The van der Waals surface area contributed by atoms with Gasteiger partial charge in [0.15, 0.2) is 5.78 Å². The Morgan fingerprint density at radius 3 is 2.68 bits per heavy atom. The van der Waals surface area contributed by atoms with Crippen molar-refractivity contribution in [2.45, 2.75) is 45.3 Å². The van der Waals surface area contributed by atoms with Gasteiger partial charge in [0.2, 0.25) is 0 Å². The van der Waals surface area contributed by atoms with Crippen molar-refractivity contribution >= 4 is 11.8 Å². The lowest BCUT2D eigenvalue weighted by Gasteiger charge is -2.36. The zero-order valence-corrected chi connectivity index (χ0v) is 11.5. The standard InChI is InChI=1S/C14H19NO4/c1-9(16)10-6-12(13(17)18)15(8-10)11-4-5-19-14(2,3)7-11/h6,8,11H,4-5,7H2,1-3H3,(H,17,18). The van der Waals surface area contributed by atoms with Gasteiger partial charge in [-0.05, 0) is 39.7 Å². The van der Waals surface area contributed by atoms with E-state index in [1.807, 2.05) is 13.8 Å². The van der Waals surface area contributed by atoms with Crippen molar-refractivity contribution in [3.63, 3.8) is 0 Å². The summed E-state index contributed by atoms with van der Waals surface area (Å²) in [5.74, 6) is -1.12. The molecule has 0 amide bonds. The van der Waals surface area contributed by atoms with Crippen molar-refractivity contribution in [1.82, 2.24) is 4.57 Å². The van der Waals surface area contributed by atoms with E-state index in [0.29, 0.717) is 12.2 Å². The molecule has 1 N–H and O–H groups in total. The molecule has 2 rings (SSSR count). The van der Waals surface area contributed by atoms with Gasteiger partial charge in [-0.15, -0.1) is 0 Å². The van der Waals surface area contributed by atoms with Crippen molar-refractivity contribution in [2.75, 3.05) is 6.61 Å². The highest BCUT2D eigenvalue weighted by atomic mass is 16.5. The van der Waals surface area contributed by atoms with Crippen LogP contribution in [0.4, 0.5) is 0 Å². The largest absolute Gasteiger partial charge is 0.477 e. The molecule has 104 valence electrons. The van der Waals surface area contributed by atoms with Crippen molar-refractivity contribution in [3.05, 3.63) is 23.5 Å². The van der Waals surface area contributed by atoms with E-state index in [-0.39, 0.29) is 23.1 Å². The molecule has 1 aliphatic heterocycles. The predicted molar refractivity (Wildman–Crippen MR) is 69.7 cm³/mol. The normalized spacial score (nSPS) is 22.2. The van der Waals surface area contributed by atoms with Gasteiger partial charge in [0, 0.05) is 24.4 Å². The predicted octanol–water partition coefficient (Wildman–Crippen LogP) is 2.52. The average Bonchev–Trinajstić information content (AvgIpc) is 2.72. The van der Waals surface area contributed by atoms with Crippen LogP contribution < -0.4 is 0 Å². The molecule has 1 aromatic heterocycles. The van der Waals surface area contributed by atoms with Crippen LogP contribution in [0.1, 0.15) is 60.5 Å². The number of carboxylic acids is 1. The zero-order valence-electron chi connectivity index (χ0n) is 11.5. The van der Waals surface area contributed by atoms with E-state index in [4.69, 9.17) is 4.74 Å². The van der Waals surface area contributed by atoms with Crippen LogP contribution in [-0.2, 0) is 4.74 Å². The minimum Gasteiger partial charge on any atom is -0.477 e. The number of hydrogen-bond donors (Lipinski definition) is 1. The minimum atomic E-state index is -1.00. The summed E-state index contributed by atoms with van der Waals surface area (Å²) < 4.78 is 7.36. The van der Waals surface area contributed by atoms with Gasteiger partial charge < -0.3 is 14.4 Å². The molecule has 1 aromatic rings. The molecule has 0 radical (unpaired) electrons. The molecule has 1 fully saturated rings. The summed E-state index contributed by atoms with van der Waals surface area (Å²) in [5.41, 5.74) is 0.355. The highest BCUT2D eigenvalue weighted by Crippen LogP contribution is 2.33. The van der Waals surface area contributed by atoms with E-state index in [1.54, 1.807) is 10.8 Å². The minimum absolute atomic E-state index is 0.0583. The summed E-state index contributed by atoms with van der Waals surface area (Å²) >= 11 is 0. The highest BCUT2D eigenvalue weighted by molar-refractivity contribution is 5.97. The Bertz CT molecular complexity index is 516. The van der Waals surface area contributed by atoms with Crippen LogP contribution in [-0.4, -0.2) is 33.6 Å². The quantitative estimate of drug-likeness (QED) is 0.853. The molecule has 5 nitrogen and oxygen atoms in total. The molecule has 19 heavy (non-hydrogen) atoms. The fourth-order valence-corrected chi connectivity index (χ4v) is 2.58. The average molecular weight is 265 g/mol. The Labute approximate surface area is 112 Å². The molecule has 1 atom stereocenters. The van der Waals surface area contributed by atoms with Crippen LogP contribution >= 0.6 is 0 Å². The number of carbonyl (C=O) groups is 2. The number of ketones is 1. The second-order valence-electron chi connectivity index (χ2n) is 5.64. The zero-order chi connectivity index (χ0) is 14.2. The lowest BCUT2D eigenvalue weighted by atomic mass is 9.93.